The molecule has 1 N–H and O–H groups in total. The van der Waals surface area contributed by atoms with E-state index in [0.29, 0.717) is 6.04 Å². The van der Waals surface area contributed by atoms with Gasteiger partial charge in [-0.2, -0.15) is 11.3 Å². The van der Waals surface area contributed by atoms with Gasteiger partial charge in [0, 0.05) is 32.2 Å². The van der Waals surface area contributed by atoms with Crippen LogP contribution in [0.3, 0.4) is 0 Å². The van der Waals surface area contributed by atoms with E-state index in [1.165, 1.54) is 31.6 Å². The molecule has 0 aliphatic carbocycles. The third-order valence-electron chi connectivity index (χ3n) is 2.75. The quantitative estimate of drug-likeness (QED) is 0.815. The Bertz CT molecular complexity index is 258. The zero-order chi connectivity index (χ0) is 9.80. The van der Waals surface area contributed by atoms with Gasteiger partial charge in [-0.15, -0.1) is 0 Å². The maximum atomic E-state index is 3.47. The molecule has 78 valence electrons. The number of piperazine rings is 1. The van der Waals surface area contributed by atoms with E-state index in [2.05, 4.69) is 34.0 Å². The highest BCUT2D eigenvalue weighted by Gasteiger charge is 2.14. The molecule has 14 heavy (non-hydrogen) atoms. The highest BCUT2D eigenvalue weighted by molar-refractivity contribution is 7.07. The monoisotopic (exact) mass is 210 g/mol. The summed E-state index contributed by atoms with van der Waals surface area (Å²) in [5, 5.41) is 7.88. The normalized spacial score (nSPS) is 23.9. The molecule has 1 aliphatic heterocycles. The molecule has 0 amide bonds. The van der Waals surface area contributed by atoms with E-state index in [4.69, 9.17) is 0 Å². The van der Waals surface area contributed by atoms with E-state index < -0.39 is 0 Å². The minimum atomic E-state index is 0.659. The van der Waals surface area contributed by atoms with Crippen LogP contribution < -0.4 is 5.32 Å². The molecule has 1 saturated heterocycles. The summed E-state index contributed by atoms with van der Waals surface area (Å²) < 4.78 is 0. The molecule has 2 rings (SSSR count). The van der Waals surface area contributed by atoms with Crippen LogP contribution in [0.2, 0.25) is 0 Å². The molecule has 1 atom stereocenters. The van der Waals surface area contributed by atoms with Crippen LogP contribution in [0, 0.1) is 0 Å². The van der Waals surface area contributed by atoms with Crippen molar-refractivity contribution in [3.05, 3.63) is 22.4 Å². The zero-order valence-corrected chi connectivity index (χ0v) is 9.52. The minimum Gasteiger partial charge on any atom is -0.312 e. The van der Waals surface area contributed by atoms with Crippen LogP contribution in [0.5, 0.6) is 0 Å². The molecule has 0 radical (unpaired) electrons. The SMILES string of the molecule is CC1CN(CCc2ccsc2)CCN1. The van der Waals surface area contributed by atoms with Gasteiger partial charge in [0.2, 0.25) is 0 Å². The first kappa shape index (κ1) is 10.1. The molecule has 3 heteroatoms. The molecule has 0 bridgehead atoms. The molecular weight excluding hydrogens is 192 g/mol. The molecule has 0 saturated carbocycles. The smallest absolute Gasteiger partial charge is 0.0167 e. The molecule has 1 aromatic rings. The van der Waals surface area contributed by atoms with Gasteiger partial charge in [-0.1, -0.05) is 0 Å². The van der Waals surface area contributed by atoms with Crippen molar-refractivity contribution in [1.82, 2.24) is 10.2 Å². The molecule has 1 fully saturated rings. The lowest BCUT2D eigenvalue weighted by Gasteiger charge is -2.31. The first-order chi connectivity index (χ1) is 6.84. The predicted octanol–water partition coefficient (Wildman–Crippen LogP) is 1.58. The van der Waals surface area contributed by atoms with Crippen molar-refractivity contribution in [2.45, 2.75) is 19.4 Å². The molecular formula is C11H18N2S. The highest BCUT2D eigenvalue weighted by atomic mass is 32.1. The van der Waals surface area contributed by atoms with Crippen LogP contribution in [0.1, 0.15) is 12.5 Å². The van der Waals surface area contributed by atoms with Gasteiger partial charge in [0.25, 0.3) is 0 Å². The number of nitrogens with zero attached hydrogens (tertiary/aromatic N) is 1. The average molecular weight is 210 g/mol. The third-order valence-corrected chi connectivity index (χ3v) is 3.48. The third kappa shape index (κ3) is 2.80. The first-order valence-corrected chi connectivity index (χ1v) is 6.25. The fraction of sp³-hybridized carbons (Fsp3) is 0.636. The van der Waals surface area contributed by atoms with Crippen molar-refractivity contribution < 1.29 is 0 Å². The van der Waals surface area contributed by atoms with E-state index in [0.717, 1.165) is 6.54 Å². The van der Waals surface area contributed by atoms with E-state index in [1.807, 2.05) is 0 Å². The summed E-state index contributed by atoms with van der Waals surface area (Å²) in [5.41, 5.74) is 1.49. The summed E-state index contributed by atoms with van der Waals surface area (Å²) in [7, 11) is 0. The van der Waals surface area contributed by atoms with Crippen molar-refractivity contribution in [2.24, 2.45) is 0 Å². The number of rotatable bonds is 3. The molecule has 2 heterocycles. The van der Waals surface area contributed by atoms with Crippen LogP contribution in [-0.2, 0) is 6.42 Å². The standard InChI is InChI=1S/C11H18N2S/c1-10-8-13(6-4-12-10)5-2-11-3-7-14-9-11/h3,7,9-10,12H,2,4-6,8H2,1H3. The Hall–Kier alpha value is -0.380. The maximum Gasteiger partial charge on any atom is 0.0167 e. The Morgan fingerprint density at radius 3 is 3.29 bits per heavy atom. The van der Waals surface area contributed by atoms with Gasteiger partial charge in [-0.05, 0) is 35.7 Å². The van der Waals surface area contributed by atoms with E-state index in [-0.39, 0.29) is 0 Å². The molecule has 1 unspecified atom stereocenters. The maximum absolute atomic E-state index is 3.47. The van der Waals surface area contributed by atoms with E-state index >= 15 is 0 Å². The fourth-order valence-electron chi connectivity index (χ4n) is 1.94. The zero-order valence-electron chi connectivity index (χ0n) is 8.70. The summed E-state index contributed by atoms with van der Waals surface area (Å²) in [6, 6.07) is 2.89. The summed E-state index contributed by atoms with van der Waals surface area (Å²) in [5.74, 6) is 0. The predicted molar refractivity (Wildman–Crippen MR) is 61.9 cm³/mol. The second-order valence-electron chi connectivity index (χ2n) is 4.04. The van der Waals surface area contributed by atoms with Gasteiger partial charge in [0.1, 0.15) is 0 Å². The van der Waals surface area contributed by atoms with E-state index in [9.17, 15) is 0 Å². The van der Waals surface area contributed by atoms with Gasteiger partial charge >= 0.3 is 0 Å². The minimum absolute atomic E-state index is 0.659. The van der Waals surface area contributed by atoms with Crippen molar-refractivity contribution in [3.8, 4) is 0 Å². The Balaban J connectivity index is 1.75. The van der Waals surface area contributed by atoms with Crippen molar-refractivity contribution in [2.75, 3.05) is 26.2 Å². The van der Waals surface area contributed by atoms with E-state index in [1.54, 1.807) is 11.3 Å². The molecule has 1 aromatic heterocycles. The van der Waals surface area contributed by atoms with Crippen molar-refractivity contribution in [3.63, 3.8) is 0 Å². The lowest BCUT2D eigenvalue weighted by atomic mass is 10.2. The molecule has 1 aliphatic rings. The number of hydrogen-bond donors (Lipinski definition) is 1. The Labute approximate surface area is 89.9 Å². The summed E-state index contributed by atoms with van der Waals surface area (Å²) in [6.45, 7) is 7.02. The van der Waals surface area contributed by atoms with Gasteiger partial charge in [-0.25, -0.2) is 0 Å². The Kier molecular flexibility index (Phi) is 3.56. The highest BCUT2D eigenvalue weighted by Crippen LogP contribution is 2.08. The second kappa shape index (κ2) is 4.91. The molecule has 0 aromatic carbocycles. The van der Waals surface area contributed by atoms with Gasteiger partial charge in [0.15, 0.2) is 0 Å². The summed E-state index contributed by atoms with van der Waals surface area (Å²) in [6.07, 6.45) is 1.20. The molecule has 0 spiro atoms. The van der Waals surface area contributed by atoms with Gasteiger partial charge < -0.3 is 10.2 Å². The second-order valence-corrected chi connectivity index (χ2v) is 4.82. The van der Waals surface area contributed by atoms with Crippen molar-refractivity contribution in [1.29, 1.82) is 0 Å². The van der Waals surface area contributed by atoms with Crippen LogP contribution >= 0.6 is 11.3 Å². The Morgan fingerprint density at radius 2 is 2.57 bits per heavy atom. The van der Waals surface area contributed by atoms with Gasteiger partial charge in [0.05, 0.1) is 0 Å². The molecule has 2 nitrogen and oxygen atoms in total. The van der Waals surface area contributed by atoms with Crippen LogP contribution in [0.15, 0.2) is 16.8 Å². The Morgan fingerprint density at radius 1 is 1.64 bits per heavy atom. The summed E-state index contributed by atoms with van der Waals surface area (Å²) >= 11 is 1.80. The van der Waals surface area contributed by atoms with Crippen LogP contribution in [0.25, 0.3) is 0 Å². The number of nitrogens with one attached hydrogen (secondary N) is 1. The van der Waals surface area contributed by atoms with Gasteiger partial charge in [-0.3, -0.25) is 0 Å². The average Bonchev–Trinajstić information content (AvgIpc) is 2.67. The largest absolute Gasteiger partial charge is 0.312 e. The summed E-state index contributed by atoms with van der Waals surface area (Å²) in [4.78, 5) is 2.55. The number of thiophene rings is 1. The lowest BCUT2D eigenvalue weighted by Crippen LogP contribution is -2.49. The van der Waals surface area contributed by atoms with Crippen LogP contribution in [-0.4, -0.2) is 37.1 Å². The van der Waals surface area contributed by atoms with Crippen molar-refractivity contribution >= 4 is 11.3 Å². The fourth-order valence-corrected chi connectivity index (χ4v) is 2.64. The lowest BCUT2D eigenvalue weighted by molar-refractivity contribution is 0.209. The first-order valence-electron chi connectivity index (χ1n) is 5.31. The number of hydrogen-bond acceptors (Lipinski definition) is 3. The topological polar surface area (TPSA) is 15.3 Å². The van der Waals surface area contributed by atoms with Crippen LogP contribution in [0.4, 0.5) is 0 Å².